The van der Waals surface area contributed by atoms with Gasteiger partial charge in [0.1, 0.15) is 0 Å². The molecule has 2 rings (SSSR count). The van der Waals surface area contributed by atoms with Gasteiger partial charge in [0.05, 0.1) is 0 Å². The lowest BCUT2D eigenvalue weighted by Gasteiger charge is -2.32. The molecule has 8 nitrogen and oxygen atoms in total. The van der Waals surface area contributed by atoms with Crippen LogP contribution in [0, 0.1) is 5.41 Å². The van der Waals surface area contributed by atoms with Crippen LogP contribution in [0.15, 0.2) is 83.0 Å². The molecule has 1 aromatic carbocycles. The van der Waals surface area contributed by atoms with Crippen LogP contribution in [0.2, 0.25) is 0 Å². The second-order valence-electron chi connectivity index (χ2n) is 11.3. The quantitative estimate of drug-likeness (QED) is 0.188. The van der Waals surface area contributed by atoms with Crippen molar-refractivity contribution in [1.29, 1.82) is 0 Å². The van der Waals surface area contributed by atoms with Crippen LogP contribution >= 0.6 is 0 Å². The number of carbonyl (C=O) groups is 4. The molecule has 3 amide bonds. The molecule has 0 aromatic heterocycles. The number of allylic oxidation sites excluding steroid dienone is 9. The average Bonchev–Trinajstić information content (AvgIpc) is 2.85. The van der Waals surface area contributed by atoms with Crippen LogP contribution in [0.3, 0.4) is 0 Å². The number of hydrogen-bond donors (Lipinski definition) is 4. The molecule has 5 N–H and O–H groups in total. The molecule has 0 heterocycles. The van der Waals surface area contributed by atoms with Gasteiger partial charge in [-0.15, -0.1) is 0 Å². The minimum atomic E-state index is -1.83. The summed E-state index contributed by atoms with van der Waals surface area (Å²) < 4.78 is 0. The minimum Gasteiger partial charge on any atom is -0.479 e. The van der Waals surface area contributed by atoms with Gasteiger partial charge in [0.2, 0.25) is 17.7 Å². The van der Waals surface area contributed by atoms with Crippen LogP contribution in [0.4, 0.5) is 5.69 Å². The van der Waals surface area contributed by atoms with E-state index in [1.807, 2.05) is 32.1 Å². The van der Waals surface area contributed by atoms with Gasteiger partial charge in [-0.25, -0.2) is 4.79 Å². The fourth-order valence-corrected chi connectivity index (χ4v) is 5.08. The molecule has 0 saturated carbocycles. The predicted octanol–water partition coefficient (Wildman–Crippen LogP) is 5.84. The highest BCUT2D eigenvalue weighted by Crippen LogP contribution is 2.40. The summed E-state index contributed by atoms with van der Waals surface area (Å²) in [6, 6.07) is 6.06. The Morgan fingerprint density at radius 3 is 2.27 bits per heavy atom. The Hall–Kier alpha value is -4.20. The maximum atomic E-state index is 12.5. The molecule has 220 valence electrons. The molecule has 1 aromatic rings. The van der Waals surface area contributed by atoms with Crippen molar-refractivity contribution in [3.05, 3.63) is 88.6 Å². The van der Waals surface area contributed by atoms with Gasteiger partial charge >= 0.3 is 5.97 Å². The summed E-state index contributed by atoms with van der Waals surface area (Å²) in [5.41, 5.74) is 9.01. The lowest BCUT2D eigenvalue weighted by molar-refractivity contribution is -0.148. The molecule has 0 radical (unpaired) electrons. The molecule has 0 fully saturated rings. The Balaban J connectivity index is 2.08. The highest BCUT2D eigenvalue weighted by Gasteiger charge is 2.41. The number of carbonyl (C=O) groups excluding carboxylic acids is 3. The second kappa shape index (κ2) is 14.4. The monoisotopic (exact) mass is 561 g/mol. The van der Waals surface area contributed by atoms with Crippen LogP contribution < -0.4 is 16.4 Å². The summed E-state index contributed by atoms with van der Waals surface area (Å²) in [4.78, 5) is 47.8. The highest BCUT2D eigenvalue weighted by molar-refractivity contribution is 6.00. The third-order valence-corrected chi connectivity index (χ3v) is 7.28. The largest absolute Gasteiger partial charge is 0.479 e. The van der Waals surface area contributed by atoms with Crippen molar-refractivity contribution in [3.63, 3.8) is 0 Å². The van der Waals surface area contributed by atoms with Gasteiger partial charge in [-0.2, -0.15) is 0 Å². The number of nitrogens with one attached hydrogen (secondary N) is 2. The molecule has 1 aliphatic carbocycles. The van der Waals surface area contributed by atoms with Crippen molar-refractivity contribution in [2.45, 2.75) is 79.2 Å². The van der Waals surface area contributed by atoms with E-state index in [-0.39, 0.29) is 29.7 Å². The first kappa shape index (κ1) is 33.0. The SMILES string of the molecule is CC(=O)NC(CCC(N)=O)(C(=O)O)c1ccc(NC(=O)C=C(C)C=CC=C(C)C=CC2=C(C)CCCC2(C)C)cc1. The maximum Gasteiger partial charge on any atom is 0.334 e. The van der Waals surface area contributed by atoms with Gasteiger partial charge < -0.3 is 21.5 Å². The van der Waals surface area contributed by atoms with Crippen molar-refractivity contribution in [3.8, 4) is 0 Å². The van der Waals surface area contributed by atoms with Gasteiger partial charge in [0.15, 0.2) is 5.54 Å². The van der Waals surface area contributed by atoms with E-state index in [1.165, 1.54) is 49.1 Å². The van der Waals surface area contributed by atoms with Gasteiger partial charge in [-0.3, -0.25) is 14.4 Å². The van der Waals surface area contributed by atoms with E-state index >= 15 is 0 Å². The van der Waals surface area contributed by atoms with E-state index < -0.39 is 23.3 Å². The second-order valence-corrected chi connectivity index (χ2v) is 11.3. The number of aliphatic carboxylic acids is 1. The highest BCUT2D eigenvalue weighted by atomic mass is 16.4. The van der Waals surface area contributed by atoms with Crippen LogP contribution in [-0.4, -0.2) is 28.8 Å². The summed E-state index contributed by atoms with van der Waals surface area (Å²) in [5.74, 6) is -2.91. The summed E-state index contributed by atoms with van der Waals surface area (Å²) in [6.45, 7) is 11.9. The number of hydrogen-bond acceptors (Lipinski definition) is 4. The van der Waals surface area contributed by atoms with Crippen LogP contribution in [0.1, 0.15) is 79.2 Å². The van der Waals surface area contributed by atoms with Crippen molar-refractivity contribution < 1.29 is 24.3 Å². The van der Waals surface area contributed by atoms with E-state index in [0.717, 1.165) is 17.6 Å². The zero-order valence-corrected chi connectivity index (χ0v) is 25.0. The molecule has 1 atom stereocenters. The molecule has 41 heavy (non-hydrogen) atoms. The van der Waals surface area contributed by atoms with Gasteiger partial charge in [-0.05, 0) is 80.7 Å². The van der Waals surface area contributed by atoms with Crippen LogP contribution in [0.25, 0.3) is 0 Å². The smallest absolute Gasteiger partial charge is 0.334 e. The fraction of sp³-hybridized carbons (Fsp3) is 0.394. The summed E-state index contributed by atoms with van der Waals surface area (Å²) in [7, 11) is 0. The number of nitrogens with two attached hydrogens (primary N) is 1. The summed E-state index contributed by atoms with van der Waals surface area (Å²) in [6.07, 6.45) is 14.7. The number of primary amides is 1. The Bertz CT molecular complexity index is 1310. The summed E-state index contributed by atoms with van der Waals surface area (Å²) >= 11 is 0. The number of carboxylic acid groups (broad SMARTS) is 1. The fourth-order valence-electron chi connectivity index (χ4n) is 5.08. The van der Waals surface area contributed by atoms with E-state index in [1.54, 1.807) is 12.1 Å². The van der Waals surface area contributed by atoms with Crippen LogP contribution in [-0.2, 0) is 24.7 Å². The molecular formula is C33H43N3O5. The number of amides is 3. The lowest BCUT2D eigenvalue weighted by Crippen LogP contribution is -2.51. The van der Waals surface area contributed by atoms with Crippen LogP contribution in [0.5, 0.6) is 0 Å². The third kappa shape index (κ3) is 9.74. The van der Waals surface area contributed by atoms with Crippen molar-refractivity contribution in [2.75, 3.05) is 5.32 Å². The lowest BCUT2D eigenvalue weighted by atomic mass is 9.72. The molecule has 8 heteroatoms. The Morgan fingerprint density at radius 1 is 1.05 bits per heavy atom. The Kier molecular flexibility index (Phi) is 11.6. The molecule has 0 saturated heterocycles. The Morgan fingerprint density at radius 2 is 1.71 bits per heavy atom. The maximum absolute atomic E-state index is 12.5. The van der Waals surface area contributed by atoms with Gasteiger partial charge in [0.25, 0.3) is 0 Å². The number of anilines is 1. The Labute approximate surface area is 243 Å². The molecule has 0 spiro atoms. The summed E-state index contributed by atoms with van der Waals surface area (Å²) in [5, 5.41) is 15.1. The number of rotatable bonds is 12. The molecule has 0 aliphatic heterocycles. The van der Waals surface area contributed by atoms with Crippen molar-refractivity contribution in [1.82, 2.24) is 5.32 Å². The van der Waals surface area contributed by atoms with Crippen molar-refractivity contribution >= 4 is 29.4 Å². The normalized spacial score (nSPS) is 17.4. The third-order valence-electron chi connectivity index (χ3n) is 7.28. The van der Waals surface area contributed by atoms with Gasteiger partial charge in [-0.1, -0.05) is 67.5 Å². The molecular weight excluding hydrogens is 518 g/mol. The van der Waals surface area contributed by atoms with Gasteiger partial charge in [0, 0.05) is 25.1 Å². The molecule has 1 unspecified atom stereocenters. The predicted molar refractivity (Wildman–Crippen MR) is 163 cm³/mol. The minimum absolute atomic E-state index is 0.192. The topological polar surface area (TPSA) is 139 Å². The zero-order valence-electron chi connectivity index (χ0n) is 25.0. The first-order valence-corrected chi connectivity index (χ1v) is 13.8. The van der Waals surface area contributed by atoms with E-state index in [2.05, 4.69) is 43.6 Å². The number of benzene rings is 1. The number of carboxylic acids is 1. The zero-order chi connectivity index (χ0) is 30.8. The van der Waals surface area contributed by atoms with E-state index in [9.17, 15) is 24.3 Å². The molecule has 0 bridgehead atoms. The van der Waals surface area contributed by atoms with E-state index in [0.29, 0.717) is 5.69 Å². The average molecular weight is 562 g/mol. The molecule has 1 aliphatic rings. The first-order valence-electron chi connectivity index (χ1n) is 13.8. The van der Waals surface area contributed by atoms with E-state index in [4.69, 9.17) is 5.73 Å². The standard InChI is InChI=1S/C33H43N3O5/c1-22(12-17-28-24(3)11-8-19-32(28,5)6)9-7-10-23(2)21-30(39)35-27-15-13-26(14-16-27)33(31(40)41,36-25(4)37)20-18-29(34)38/h7,9-10,12-17,21H,8,11,18-20H2,1-6H3,(H2,34,38)(H,35,39)(H,36,37)(H,40,41). The first-order chi connectivity index (χ1) is 19.2. The van der Waals surface area contributed by atoms with Crippen molar-refractivity contribution in [2.24, 2.45) is 11.1 Å².